The van der Waals surface area contributed by atoms with Gasteiger partial charge in [0.05, 0.1) is 12.6 Å². The van der Waals surface area contributed by atoms with Gasteiger partial charge in [-0.1, -0.05) is 41.0 Å². The average Bonchev–Trinajstić information content (AvgIpc) is 3.30. The molecular weight excluding hydrogens is 464 g/mol. The first-order valence-electron chi connectivity index (χ1n) is 12.3. The van der Waals surface area contributed by atoms with Gasteiger partial charge in [-0.2, -0.15) is 4.98 Å². The van der Waals surface area contributed by atoms with Gasteiger partial charge in [0, 0.05) is 23.0 Å². The molecule has 1 saturated heterocycles. The Hall–Kier alpha value is -2.90. The maximum atomic E-state index is 12.6. The summed E-state index contributed by atoms with van der Waals surface area (Å²) in [5.41, 5.74) is 2.06. The summed E-state index contributed by atoms with van der Waals surface area (Å²) < 4.78 is 11.2. The summed E-state index contributed by atoms with van der Waals surface area (Å²) >= 11 is 6.05. The number of hydrogen-bond donors (Lipinski definition) is 1. The average molecular weight is 497 g/mol. The third-order valence-electron chi connectivity index (χ3n) is 6.08. The van der Waals surface area contributed by atoms with E-state index in [0.29, 0.717) is 29.8 Å². The lowest BCUT2D eigenvalue weighted by molar-refractivity contribution is -0.126. The molecule has 0 bridgehead atoms. The Balaban J connectivity index is 1.16. The number of likely N-dealkylation sites (tertiary alicyclic amines) is 1. The van der Waals surface area contributed by atoms with Gasteiger partial charge in [-0.3, -0.25) is 9.69 Å². The van der Waals surface area contributed by atoms with Crippen molar-refractivity contribution in [2.45, 2.75) is 52.2 Å². The minimum Gasteiger partial charge on any atom is -0.491 e. The van der Waals surface area contributed by atoms with E-state index in [0.717, 1.165) is 50.1 Å². The van der Waals surface area contributed by atoms with Gasteiger partial charge >= 0.3 is 0 Å². The van der Waals surface area contributed by atoms with Crippen molar-refractivity contribution in [3.63, 3.8) is 0 Å². The second-order valence-corrected chi connectivity index (χ2v) is 9.72. The normalized spacial score (nSPS) is 14.9. The van der Waals surface area contributed by atoms with Crippen LogP contribution in [0.15, 0.2) is 53.1 Å². The molecule has 3 aromatic rings. The Labute approximate surface area is 211 Å². The summed E-state index contributed by atoms with van der Waals surface area (Å²) in [6.45, 7) is 6.97. The zero-order valence-electron chi connectivity index (χ0n) is 20.4. The predicted octanol–water partition coefficient (Wildman–Crippen LogP) is 5.14. The standard InChI is InChI=1S/C27H33ClN4O3/c1-19(2)34-24-10-3-6-20(16-24)7-5-13-29-27(33)21-11-14-32(15-12-21)18-25-30-26(31-35-25)22-8-4-9-23(28)17-22/h3-4,6,8-10,16-17,19,21H,5,7,11-15,18H2,1-2H3,(H,29,33). The fourth-order valence-electron chi connectivity index (χ4n) is 4.30. The summed E-state index contributed by atoms with van der Waals surface area (Å²) in [4.78, 5) is 19.4. The number of nitrogens with zero attached hydrogens (tertiary/aromatic N) is 3. The summed E-state index contributed by atoms with van der Waals surface area (Å²) in [5, 5.41) is 7.83. The van der Waals surface area contributed by atoms with Gasteiger partial charge in [-0.25, -0.2) is 0 Å². The molecule has 7 nitrogen and oxygen atoms in total. The van der Waals surface area contributed by atoms with Crippen molar-refractivity contribution in [3.05, 3.63) is 65.0 Å². The van der Waals surface area contributed by atoms with Crippen molar-refractivity contribution in [3.8, 4) is 17.1 Å². The molecule has 2 heterocycles. The van der Waals surface area contributed by atoms with Gasteiger partial charge in [0.25, 0.3) is 0 Å². The first-order valence-corrected chi connectivity index (χ1v) is 12.7. The number of aromatic nitrogens is 2. The number of amides is 1. The van der Waals surface area contributed by atoms with Gasteiger partial charge in [-0.15, -0.1) is 0 Å². The van der Waals surface area contributed by atoms with E-state index in [1.165, 1.54) is 5.56 Å². The van der Waals surface area contributed by atoms with Crippen molar-refractivity contribution in [1.82, 2.24) is 20.4 Å². The smallest absolute Gasteiger partial charge is 0.241 e. The van der Waals surface area contributed by atoms with Crippen LogP contribution in [0.2, 0.25) is 5.02 Å². The number of piperidine rings is 1. The van der Waals surface area contributed by atoms with E-state index < -0.39 is 0 Å². The highest BCUT2D eigenvalue weighted by molar-refractivity contribution is 6.30. The number of nitrogens with one attached hydrogen (secondary N) is 1. The van der Waals surface area contributed by atoms with Crippen molar-refractivity contribution in [2.75, 3.05) is 19.6 Å². The number of benzene rings is 2. The van der Waals surface area contributed by atoms with Crippen LogP contribution in [0.25, 0.3) is 11.4 Å². The quantitative estimate of drug-likeness (QED) is 0.391. The number of rotatable bonds is 10. The molecule has 1 fully saturated rings. The number of aryl methyl sites for hydroxylation is 1. The molecule has 1 amide bonds. The molecule has 8 heteroatoms. The molecule has 4 rings (SSSR count). The molecule has 0 radical (unpaired) electrons. The van der Waals surface area contributed by atoms with E-state index in [-0.39, 0.29) is 17.9 Å². The van der Waals surface area contributed by atoms with E-state index in [1.54, 1.807) is 0 Å². The van der Waals surface area contributed by atoms with Crippen LogP contribution in [0.1, 0.15) is 44.6 Å². The molecule has 1 aliphatic heterocycles. The second kappa shape index (κ2) is 12.2. The fraction of sp³-hybridized carbons (Fsp3) is 0.444. The van der Waals surface area contributed by atoms with Crippen LogP contribution in [0.3, 0.4) is 0 Å². The Morgan fingerprint density at radius 1 is 1.20 bits per heavy atom. The highest BCUT2D eigenvalue weighted by Crippen LogP contribution is 2.22. The zero-order valence-corrected chi connectivity index (χ0v) is 21.1. The molecular formula is C27H33ClN4O3. The van der Waals surface area contributed by atoms with E-state index in [1.807, 2.05) is 50.2 Å². The van der Waals surface area contributed by atoms with Gasteiger partial charge in [-0.05, 0) is 82.4 Å². The van der Waals surface area contributed by atoms with Gasteiger partial charge in [0.2, 0.25) is 17.6 Å². The minimum atomic E-state index is 0.0544. The number of ether oxygens (including phenoxy) is 1. The molecule has 0 aliphatic carbocycles. The summed E-state index contributed by atoms with van der Waals surface area (Å²) in [7, 11) is 0. The lowest BCUT2D eigenvalue weighted by Crippen LogP contribution is -2.40. The molecule has 1 N–H and O–H groups in total. The number of hydrogen-bond acceptors (Lipinski definition) is 6. The van der Waals surface area contributed by atoms with Crippen LogP contribution in [-0.4, -0.2) is 46.7 Å². The van der Waals surface area contributed by atoms with E-state index >= 15 is 0 Å². The van der Waals surface area contributed by atoms with Crippen molar-refractivity contribution < 1.29 is 14.1 Å². The SMILES string of the molecule is CC(C)Oc1cccc(CCCNC(=O)C2CCN(Cc3nc(-c4cccc(Cl)c4)no3)CC2)c1. The van der Waals surface area contributed by atoms with Crippen molar-refractivity contribution >= 4 is 17.5 Å². The zero-order chi connectivity index (χ0) is 24.6. The van der Waals surface area contributed by atoms with Gasteiger partial charge < -0.3 is 14.6 Å². The monoisotopic (exact) mass is 496 g/mol. The van der Waals surface area contributed by atoms with E-state index in [9.17, 15) is 4.79 Å². The van der Waals surface area contributed by atoms with Crippen LogP contribution >= 0.6 is 11.6 Å². The topological polar surface area (TPSA) is 80.5 Å². The second-order valence-electron chi connectivity index (χ2n) is 9.28. The largest absolute Gasteiger partial charge is 0.491 e. The Morgan fingerprint density at radius 2 is 2.00 bits per heavy atom. The lowest BCUT2D eigenvalue weighted by atomic mass is 9.96. The molecule has 35 heavy (non-hydrogen) atoms. The highest BCUT2D eigenvalue weighted by Gasteiger charge is 2.25. The van der Waals surface area contributed by atoms with Crippen LogP contribution in [0.4, 0.5) is 0 Å². The summed E-state index contributed by atoms with van der Waals surface area (Å²) in [5.74, 6) is 2.22. The summed E-state index contributed by atoms with van der Waals surface area (Å²) in [6, 6.07) is 15.6. The highest BCUT2D eigenvalue weighted by atomic mass is 35.5. The molecule has 0 atom stereocenters. The third kappa shape index (κ3) is 7.54. The Morgan fingerprint density at radius 3 is 2.77 bits per heavy atom. The van der Waals surface area contributed by atoms with Crippen LogP contribution in [0, 0.1) is 5.92 Å². The lowest BCUT2D eigenvalue weighted by Gasteiger charge is -2.30. The molecule has 0 saturated carbocycles. The molecule has 2 aromatic carbocycles. The maximum absolute atomic E-state index is 12.6. The Bertz CT molecular complexity index is 1110. The first kappa shape index (κ1) is 25.2. The van der Waals surface area contributed by atoms with E-state index in [4.69, 9.17) is 20.9 Å². The number of carbonyl (C=O) groups excluding carboxylic acids is 1. The number of carbonyl (C=O) groups is 1. The number of halogens is 1. The van der Waals surface area contributed by atoms with Crippen LogP contribution in [-0.2, 0) is 17.8 Å². The first-order chi connectivity index (χ1) is 17.0. The van der Waals surface area contributed by atoms with Crippen LogP contribution < -0.4 is 10.1 Å². The molecule has 0 unspecified atom stereocenters. The van der Waals surface area contributed by atoms with Gasteiger partial charge in [0.1, 0.15) is 5.75 Å². The van der Waals surface area contributed by atoms with Gasteiger partial charge in [0.15, 0.2) is 0 Å². The molecule has 1 aromatic heterocycles. The van der Waals surface area contributed by atoms with Crippen molar-refractivity contribution in [2.24, 2.45) is 5.92 Å². The molecule has 186 valence electrons. The molecule has 0 spiro atoms. The van der Waals surface area contributed by atoms with Crippen molar-refractivity contribution in [1.29, 1.82) is 0 Å². The van der Waals surface area contributed by atoms with E-state index in [2.05, 4.69) is 32.5 Å². The third-order valence-corrected chi connectivity index (χ3v) is 6.31. The van der Waals surface area contributed by atoms with Crippen LogP contribution in [0.5, 0.6) is 5.75 Å². The predicted molar refractivity (Wildman–Crippen MR) is 136 cm³/mol. The fourth-order valence-corrected chi connectivity index (χ4v) is 4.49. The maximum Gasteiger partial charge on any atom is 0.241 e. The summed E-state index contributed by atoms with van der Waals surface area (Å²) in [6.07, 6.45) is 3.64. The Kier molecular flexibility index (Phi) is 8.77. The molecule has 1 aliphatic rings. The minimum absolute atomic E-state index is 0.0544.